The zero-order valence-corrected chi connectivity index (χ0v) is 14.8. The van der Waals surface area contributed by atoms with Crippen molar-refractivity contribution >= 4 is 34.8 Å². The lowest BCUT2D eigenvalue weighted by atomic mass is 10.00. The van der Waals surface area contributed by atoms with Gasteiger partial charge in [-0.15, -0.1) is 0 Å². The summed E-state index contributed by atoms with van der Waals surface area (Å²) in [5, 5.41) is 0.996. The lowest BCUT2D eigenvalue weighted by molar-refractivity contribution is -0.117. The number of rotatable bonds is 3. The van der Waals surface area contributed by atoms with Crippen LogP contribution in [0.15, 0.2) is 36.4 Å². The van der Waals surface area contributed by atoms with Gasteiger partial charge in [0.2, 0.25) is 5.91 Å². The van der Waals surface area contributed by atoms with Crippen LogP contribution in [0.5, 0.6) is 0 Å². The van der Waals surface area contributed by atoms with Crippen molar-refractivity contribution in [1.82, 2.24) is 0 Å². The van der Waals surface area contributed by atoms with Gasteiger partial charge in [-0.25, -0.2) is 0 Å². The van der Waals surface area contributed by atoms with Crippen LogP contribution in [0.25, 0.3) is 0 Å². The number of amides is 1. The largest absolute Gasteiger partial charge is 0.312 e. The molecule has 120 valence electrons. The predicted molar refractivity (Wildman–Crippen MR) is 96.8 cm³/mol. The van der Waals surface area contributed by atoms with Crippen molar-refractivity contribution in [2.24, 2.45) is 0 Å². The van der Waals surface area contributed by atoms with E-state index in [2.05, 4.69) is 32.0 Å². The van der Waals surface area contributed by atoms with Gasteiger partial charge in [-0.3, -0.25) is 4.79 Å². The van der Waals surface area contributed by atoms with Gasteiger partial charge in [-0.1, -0.05) is 55.2 Å². The van der Waals surface area contributed by atoms with E-state index in [1.807, 2.05) is 11.0 Å². The second-order valence-electron chi connectivity index (χ2n) is 6.26. The average molecular weight is 348 g/mol. The fraction of sp³-hybridized carbons (Fsp3) is 0.316. The molecule has 1 aliphatic rings. The molecular formula is C19H19Cl2NO. The molecule has 1 aliphatic heterocycles. The van der Waals surface area contributed by atoms with Crippen molar-refractivity contribution in [3.8, 4) is 0 Å². The molecule has 23 heavy (non-hydrogen) atoms. The zero-order valence-electron chi connectivity index (χ0n) is 13.3. The predicted octanol–water partition coefficient (Wildman–Crippen LogP) is 5.25. The van der Waals surface area contributed by atoms with Gasteiger partial charge in [0.1, 0.15) is 0 Å². The molecule has 0 saturated carbocycles. The maximum Gasteiger partial charge on any atom is 0.231 e. The Morgan fingerprint density at radius 1 is 1.13 bits per heavy atom. The molecule has 0 fully saturated rings. The first-order valence-electron chi connectivity index (χ1n) is 7.83. The minimum atomic E-state index is 0.0967. The molecule has 2 aromatic carbocycles. The standard InChI is InChI=1S/C19H19Cl2NO/c1-12(2)14-4-6-18-15(11-14)7-8-22(18)19(23)10-13-3-5-16(20)17(21)9-13/h3-6,9,11-12H,7-8,10H2,1-2H3. The van der Waals surface area contributed by atoms with E-state index in [4.69, 9.17) is 23.2 Å². The van der Waals surface area contributed by atoms with Gasteiger partial charge < -0.3 is 4.90 Å². The highest BCUT2D eigenvalue weighted by atomic mass is 35.5. The third-order valence-corrected chi connectivity index (χ3v) is 5.05. The van der Waals surface area contributed by atoms with Gasteiger partial charge in [0, 0.05) is 12.2 Å². The molecule has 0 aromatic heterocycles. The number of anilines is 1. The molecule has 0 radical (unpaired) electrons. The van der Waals surface area contributed by atoms with E-state index in [0.717, 1.165) is 24.2 Å². The van der Waals surface area contributed by atoms with E-state index in [0.29, 0.717) is 22.4 Å². The molecule has 4 heteroatoms. The summed E-state index contributed by atoms with van der Waals surface area (Å²) in [4.78, 5) is 14.5. The Bertz CT molecular complexity index is 755. The fourth-order valence-electron chi connectivity index (χ4n) is 2.96. The summed E-state index contributed by atoms with van der Waals surface area (Å²) in [5.74, 6) is 0.598. The Morgan fingerprint density at radius 2 is 1.91 bits per heavy atom. The van der Waals surface area contributed by atoms with E-state index in [1.54, 1.807) is 12.1 Å². The minimum absolute atomic E-state index is 0.0967. The van der Waals surface area contributed by atoms with Crippen LogP contribution in [0, 0.1) is 0 Å². The average Bonchev–Trinajstić information content (AvgIpc) is 2.94. The van der Waals surface area contributed by atoms with Crippen LogP contribution >= 0.6 is 23.2 Å². The van der Waals surface area contributed by atoms with Gasteiger partial charge >= 0.3 is 0 Å². The Morgan fingerprint density at radius 3 is 2.61 bits per heavy atom. The Hall–Kier alpha value is -1.51. The van der Waals surface area contributed by atoms with Crippen molar-refractivity contribution in [1.29, 1.82) is 0 Å². The number of carbonyl (C=O) groups is 1. The van der Waals surface area contributed by atoms with Crippen LogP contribution in [0.2, 0.25) is 10.0 Å². The van der Waals surface area contributed by atoms with Gasteiger partial charge in [0.15, 0.2) is 0 Å². The molecule has 0 saturated heterocycles. The molecule has 2 nitrogen and oxygen atoms in total. The van der Waals surface area contributed by atoms with E-state index in [1.165, 1.54) is 11.1 Å². The van der Waals surface area contributed by atoms with Crippen molar-refractivity contribution in [2.45, 2.75) is 32.6 Å². The number of fused-ring (bicyclic) bond motifs is 1. The van der Waals surface area contributed by atoms with Crippen LogP contribution < -0.4 is 4.90 Å². The molecule has 0 N–H and O–H groups in total. The van der Waals surface area contributed by atoms with Crippen molar-refractivity contribution in [2.75, 3.05) is 11.4 Å². The first-order chi connectivity index (χ1) is 11.0. The fourth-order valence-corrected chi connectivity index (χ4v) is 3.28. The molecular weight excluding hydrogens is 329 g/mol. The third-order valence-electron chi connectivity index (χ3n) is 4.31. The maximum absolute atomic E-state index is 12.6. The summed E-state index contributed by atoms with van der Waals surface area (Å²) in [6, 6.07) is 11.8. The normalized spacial score (nSPS) is 13.5. The molecule has 0 bridgehead atoms. The van der Waals surface area contributed by atoms with Crippen LogP contribution in [0.3, 0.4) is 0 Å². The zero-order chi connectivity index (χ0) is 16.6. The monoisotopic (exact) mass is 347 g/mol. The second-order valence-corrected chi connectivity index (χ2v) is 7.08. The topological polar surface area (TPSA) is 20.3 Å². The number of halogens is 2. The third kappa shape index (κ3) is 3.39. The van der Waals surface area contributed by atoms with Crippen LogP contribution in [-0.2, 0) is 17.6 Å². The van der Waals surface area contributed by atoms with Crippen LogP contribution in [0.1, 0.15) is 36.5 Å². The van der Waals surface area contributed by atoms with Gasteiger partial charge in [0.25, 0.3) is 0 Å². The summed E-state index contributed by atoms with van der Waals surface area (Å²) >= 11 is 12.0. The SMILES string of the molecule is CC(C)c1ccc2c(c1)CCN2C(=O)Cc1ccc(Cl)c(Cl)c1. The molecule has 0 unspecified atom stereocenters. The van der Waals surface area contributed by atoms with E-state index < -0.39 is 0 Å². The molecule has 0 aliphatic carbocycles. The lowest BCUT2D eigenvalue weighted by Gasteiger charge is -2.18. The summed E-state index contributed by atoms with van der Waals surface area (Å²) in [7, 11) is 0. The first-order valence-corrected chi connectivity index (χ1v) is 8.58. The molecule has 1 amide bonds. The molecule has 0 atom stereocenters. The number of benzene rings is 2. The van der Waals surface area contributed by atoms with E-state index in [-0.39, 0.29) is 5.91 Å². The molecule has 0 spiro atoms. The van der Waals surface area contributed by atoms with Crippen LogP contribution in [-0.4, -0.2) is 12.5 Å². The summed E-state index contributed by atoms with van der Waals surface area (Å²) < 4.78 is 0. The van der Waals surface area contributed by atoms with E-state index >= 15 is 0 Å². The van der Waals surface area contributed by atoms with Gasteiger partial charge in [0.05, 0.1) is 16.5 Å². The van der Waals surface area contributed by atoms with Crippen LogP contribution in [0.4, 0.5) is 5.69 Å². The highest BCUT2D eigenvalue weighted by molar-refractivity contribution is 6.42. The number of carbonyl (C=O) groups excluding carboxylic acids is 1. The Labute approximate surface area is 147 Å². The number of hydrogen-bond acceptors (Lipinski definition) is 1. The summed E-state index contributed by atoms with van der Waals surface area (Å²) in [5.41, 5.74) is 4.51. The molecule has 1 heterocycles. The lowest BCUT2D eigenvalue weighted by Crippen LogP contribution is -2.30. The van der Waals surface area contributed by atoms with Gasteiger partial charge in [-0.2, -0.15) is 0 Å². The molecule has 2 aromatic rings. The second kappa shape index (κ2) is 6.54. The molecule has 3 rings (SSSR count). The Kier molecular flexibility index (Phi) is 4.65. The van der Waals surface area contributed by atoms with Gasteiger partial charge in [-0.05, 0) is 47.2 Å². The smallest absolute Gasteiger partial charge is 0.231 e. The summed E-state index contributed by atoms with van der Waals surface area (Å²) in [6.45, 7) is 5.12. The Balaban J connectivity index is 1.79. The van der Waals surface area contributed by atoms with Crippen molar-refractivity contribution in [3.63, 3.8) is 0 Å². The highest BCUT2D eigenvalue weighted by Gasteiger charge is 2.25. The summed E-state index contributed by atoms with van der Waals surface area (Å²) in [6.07, 6.45) is 1.26. The highest BCUT2D eigenvalue weighted by Crippen LogP contribution is 2.31. The maximum atomic E-state index is 12.6. The minimum Gasteiger partial charge on any atom is -0.312 e. The quantitative estimate of drug-likeness (QED) is 0.742. The number of nitrogens with zero attached hydrogens (tertiary/aromatic N) is 1. The van der Waals surface area contributed by atoms with Crippen molar-refractivity contribution < 1.29 is 4.79 Å². The number of hydrogen-bond donors (Lipinski definition) is 0. The van der Waals surface area contributed by atoms with E-state index in [9.17, 15) is 4.79 Å². The van der Waals surface area contributed by atoms with Crippen molar-refractivity contribution in [3.05, 3.63) is 63.1 Å². The first kappa shape index (κ1) is 16.4.